The SMILES string of the molecule is [2H]c1c([2H])c(C(=O)CBr)c([2H])c([2H])c1C#N. The van der Waals surface area contributed by atoms with Gasteiger partial charge < -0.3 is 0 Å². The fourth-order valence-corrected chi connectivity index (χ4v) is 0.855. The van der Waals surface area contributed by atoms with Crippen molar-refractivity contribution in [2.24, 2.45) is 0 Å². The molecular weight excluding hydrogens is 218 g/mol. The van der Waals surface area contributed by atoms with Crippen molar-refractivity contribution in [2.75, 3.05) is 5.33 Å². The molecule has 1 aromatic rings. The molecule has 0 bridgehead atoms. The van der Waals surface area contributed by atoms with E-state index in [-0.39, 0.29) is 16.5 Å². The molecule has 1 aromatic carbocycles. The van der Waals surface area contributed by atoms with Gasteiger partial charge in [-0.1, -0.05) is 28.0 Å². The van der Waals surface area contributed by atoms with Gasteiger partial charge in [-0.25, -0.2) is 0 Å². The summed E-state index contributed by atoms with van der Waals surface area (Å²) in [7, 11) is 0. The van der Waals surface area contributed by atoms with E-state index in [2.05, 4.69) is 15.9 Å². The standard InChI is InChI=1S/C9H6BrNO/c10-5-9(12)8-3-1-7(6-11)2-4-8/h1-4H,5H2/i1D,2D,3D,4D. The third kappa shape index (κ3) is 1.93. The van der Waals surface area contributed by atoms with Crippen molar-refractivity contribution in [3.63, 3.8) is 0 Å². The summed E-state index contributed by atoms with van der Waals surface area (Å²) in [6, 6.07) is -0.307. The lowest BCUT2D eigenvalue weighted by molar-refractivity contribution is 0.102. The van der Waals surface area contributed by atoms with Crippen LogP contribution in [0.5, 0.6) is 0 Å². The zero-order valence-corrected chi connectivity index (χ0v) is 7.53. The molecule has 0 aliphatic carbocycles. The van der Waals surface area contributed by atoms with Crippen molar-refractivity contribution >= 4 is 21.7 Å². The molecular formula is C9H6BrNO. The van der Waals surface area contributed by atoms with Gasteiger partial charge in [0.25, 0.3) is 0 Å². The van der Waals surface area contributed by atoms with Crippen molar-refractivity contribution in [3.05, 3.63) is 35.3 Å². The Morgan fingerprint density at radius 1 is 1.58 bits per heavy atom. The number of nitriles is 1. The van der Waals surface area contributed by atoms with Crippen LogP contribution in [0.25, 0.3) is 0 Å². The van der Waals surface area contributed by atoms with E-state index in [0.717, 1.165) is 0 Å². The van der Waals surface area contributed by atoms with Crippen molar-refractivity contribution in [2.45, 2.75) is 0 Å². The Balaban J connectivity index is 3.68. The first kappa shape index (κ1) is 4.78. The molecule has 1 rings (SSSR count). The molecule has 0 fully saturated rings. The largest absolute Gasteiger partial charge is 0.293 e. The Morgan fingerprint density at radius 2 is 2.17 bits per heavy atom. The second-order valence-electron chi connectivity index (χ2n) is 1.92. The summed E-state index contributed by atoms with van der Waals surface area (Å²) in [4.78, 5) is 11.4. The number of carbonyl (C=O) groups excluding carboxylic acids is 1. The predicted octanol–water partition coefficient (Wildman–Crippen LogP) is 2.14. The summed E-state index contributed by atoms with van der Waals surface area (Å²) in [6.07, 6.45) is 0. The third-order valence-corrected chi connectivity index (χ3v) is 1.65. The number of alkyl halides is 1. The molecule has 0 aliphatic rings. The van der Waals surface area contributed by atoms with E-state index >= 15 is 0 Å². The van der Waals surface area contributed by atoms with Crippen LogP contribution in [0.4, 0.5) is 0 Å². The lowest BCUT2D eigenvalue weighted by Gasteiger charge is -1.95. The quantitative estimate of drug-likeness (QED) is 0.574. The second-order valence-corrected chi connectivity index (χ2v) is 2.48. The number of nitrogens with zero attached hydrogens (tertiary/aromatic N) is 1. The average Bonchev–Trinajstić information content (AvgIpc) is 2.27. The first-order chi connectivity index (χ1) is 7.45. The number of carbonyl (C=O) groups is 1. The fraction of sp³-hybridized carbons (Fsp3) is 0.111. The molecule has 0 radical (unpaired) electrons. The van der Waals surface area contributed by atoms with Crippen LogP contribution in [0.3, 0.4) is 0 Å². The van der Waals surface area contributed by atoms with Gasteiger partial charge in [-0.2, -0.15) is 5.26 Å². The van der Waals surface area contributed by atoms with E-state index < -0.39 is 30.0 Å². The highest BCUT2D eigenvalue weighted by molar-refractivity contribution is 9.09. The number of hydrogen-bond acceptors (Lipinski definition) is 2. The Labute approximate surface area is 84.6 Å². The molecule has 0 heterocycles. The van der Waals surface area contributed by atoms with Crippen LogP contribution >= 0.6 is 15.9 Å². The van der Waals surface area contributed by atoms with Crippen LogP contribution < -0.4 is 0 Å². The highest BCUT2D eigenvalue weighted by Gasteiger charge is 2.01. The van der Waals surface area contributed by atoms with Crippen LogP contribution in [0, 0.1) is 11.3 Å². The van der Waals surface area contributed by atoms with Gasteiger partial charge in [-0.3, -0.25) is 4.79 Å². The number of benzene rings is 1. The summed E-state index contributed by atoms with van der Waals surface area (Å²) in [6.45, 7) is 0. The molecule has 0 spiro atoms. The van der Waals surface area contributed by atoms with Crippen LogP contribution in [-0.4, -0.2) is 11.1 Å². The maximum Gasteiger partial charge on any atom is 0.173 e. The summed E-state index contributed by atoms with van der Waals surface area (Å²) >= 11 is 2.90. The van der Waals surface area contributed by atoms with Crippen molar-refractivity contribution in [1.82, 2.24) is 0 Å². The van der Waals surface area contributed by atoms with E-state index in [1.165, 1.54) is 0 Å². The average molecular weight is 228 g/mol. The Bertz CT molecular complexity index is 480. The van der Waals surface area contributed by atoms with Crippen molar-refractivity contribution < 1.29 is 10.3 Å². The Hall–Kier alpha value is -1.14. The number of ketones is 1. The first-order valence-electron chi connectivity index (χ1n) is 5.05. The first-order valence-corrected chi connectivity index (χ1v) is 4.17. The van der Waals surface area contributed by atoms with Gasteiger partial charge in [0.1, 0.15) is 0 Å². The maximum atomic E-state index is 11.4. The number of halogens is 1. The van der Waals surface area contributed by atoms with Gasteiger partial charge in [0.2, 0.25) is 0 Å². The van der Waals surface area contributed by atoms with Gasteiger partial charge >= 0.3 is 0 Å². The minimum Gasteiger partial charge on any atom is -0.293 e. The molecule has 0 saturated carbocycles. The van der Waals surface area contributed by atoms with Crippen LogP contribution in [-0.2, 0) is 0 Å². The normalized spacial score (nSPS) is 13.7. The molecule has 0 aromatic heterocycles. The van der Waals surface area contributed by atoms with E-state index in [1.807, 2.05) is 0 Å². The highest BCUT2D eigenvalue weighted by Crippen LogP contribution is 2.05. The molecule has 60 valence electrons. The molecule has 0 saturated heterocycles. The lowest BCUT2D eigenvalue weighted by atomic mass is 10.1. The van der Waals surface area contributed by atoms with Gasteiger partial charge in [0.05, 0.1) is 22.4 Å². The Kier molecular flexibility index (Phi) is 1.61. The van der Waals surface area contributed by atoms with Crippen LogP contribution in [0.1, 0.15) is 21.4 Å². The lowest BCUT2D eigenvalue weighted by Crippen LogP contribution is -1.98. The number of rotatable bonds is 2. The topological polar surface area (TPSA) is 40.9 Å². The van der Waals surface area contributed by atoms with Gasteiger partial charge in [-0.05, 0) is 12.1 Å². The van der Waals surface area contributed by atoms with Gasteiger partial charge in [0.15, 0.2) is 5.78 Å². The second kappa shape index (κ2) is 4.03. The van der Waals surface area contributed by atoms with E-state index in [4.69, 9.17) is 10.7 Å². The molecule has 0 amide bonds. The third-order valence-electron chi connectivity index (χ3n) is 1.14. The fourth-order valence-electron chi connectivity index (χ4n) is 0.575. The number of hydrogen-bond donors (Lipinski definition) is 0. The van der Waals surface area contributed by atoms with Crippen molar-refractivity contribution in [1.29, 1.82) is 5.26 Å². The van der Waals surface area contributed by atoms with Crippen LogP contribution in [0.15, 0.2) is 24.2 Å². The zero-order chi connectivity index (χ0) is 12.5. The number of Topliss-reactive ketones (excluding diaryl/α,β-unsaturated/α-hetero) is 1. The van der Waals surface area contributed by atoms with E-state index in [1.54, 1.807) is 6.07 Å². The molecule has 0 N–H and O–H groups in total. The predicted molar refractivity (Wildman–Crippen MR) is 49.3 cm³/mol. The molecule has 0 atom stereocenters. The minimum atomic E-state index is -0.540. The van der Waals surface area contributed by atoms with E-state index in [9.17, 15) is 4.79 Å². The smallest absolute Gasteiger partial charge is 0.173 e. The van der Waals surface area contributed by atoms with Crippen molar-refractivity contribution in [3.8, 4) is 6.07 Å². The Morgan fingerprint density at radius 3 is 2.58 bits per heavy atom. The summed E-state index contributed by atoms with van der Waals surface area (Å²) in [5, 5.41) is 8.60. The molecule has 0 unspecified atom stereocenters. The molecule has 0 aliphatic heterocycles. The molecule has 12 heavy (non-hydrogen) atoms. The summed E-state index contributed by atoms with van der Waals surface area (Å²) < 4.78 is 30.0. The highest BCUT2D eigenvalue weighted by atomic mass is 79.9. The summed E-state index contributed by atoms with van der Waals surface area (Å²) in [5.74, 6) is -0.540. The minimum absolute atomic E-state index is 0.0878. The van der Waals surface area contributed by atoms with E-state index in [0.29, 0.717) is 0 Å². The van der Waals surface area contributed by atoms with Crippen LogP contribution in [0.2, 0.25) is 0 Å². The summed E-state index contributed by atoms with van der Waals surface area (Å²) in [5.41, 5.74) is -0.632. The zero-order valence-electron chi connectivity index (χ0n) is 9.94. The molecule has 2 nitrogen and oxygen atoms in total. The monoisotopic (exact) mass is 227 g/mol. The van der Waals surface area contributed by atoms with Gasteiger partial charge in [-0.15, -0.1) is 0 Å². The molecule has 3 heteroatoms. The van der Waals surface area contributed by atoms with Gasteiger partial charge in [0, 0.05) is 5.56 Å². The maximum absolute atomic E-state index is 11.4.